The van der Waals surface area contributed by atoms with Gasteiger partial charge >= 0.3 is 5.97 Å². The zero-order chi connectivity index (χ0) is 20.9. The summed E-state index contributed by atoms with van der Waals surface area (Å²) in [5.41, 5.74) is 0.922. The molecule has 10 heteroatoms. The van der Waals surface area contributed by atoms with Crippen LogP contribution in [0.2, 0.25) is 0 Å². The molecule has 1 unspecified atom stereocenters. The van der Waals surface area contributed by atoms with Crippen LogP contribution in [0.5, 0.6) is 0 Å². The van der Waals surface area contributed by atoms with Gasteiger partial charge in [-0.15, -0.1) is 11.3 Å². The number of benzene rings is 2. The molecule has 0 radical (unpaired) electrons. The molecule has 0 aliphatic carbocycles. The van der Waals surface area contributed by atoms with Crippen molar-refractivity contribution in [1.82, 2.24) is 4.98 Å². The van der Waals surface area contributed by atoms with Crippen LogP contribution in [0.4, 0.5) is 18.9 Å². The lowest BCUT2D eigenvalue weighted by Gasteiger charge is -2.33. The second kappa shape index (κ2) is 7.42. The number of carboxylic acids is 1. The van der Waals surface area contributed by atoms with Gasteiger partial charge in [-0.2, -0.15) is 0 Å². The van der Waals surface area contributed by atoms with Crippen molar-refractivity contribution >= 4 is 55.0 Å². The Morgan fingerprint density at radius 3 is 2.76 bits per heavy atom. The summed E-state index contributed by atoms with van der Waals surface area (Å²) >= 11 is 4.18. The van der Waals surface area contributed by atoms with E-state index in [1.54, 1.807) is 18.2 Å². The van der Waals surface area contributed by atoms with Crippen molar-refractivity contribution in [2.45, 2.75) is 19.4 Å². The van der Waals surface area contributed by atoms with E-state index in [4.69, 9.17) is 5.11 Å². The largest absolute Gasteiger partial charge is 0.481 e. The van der Waals surface area contributed by atoms with Gasteiger partial charge in [-0.05, 0) is 30.2 Å². The molecule has 150 valence electrons. The number of halogens is 4. The van der Waals surface area contributed by atoms with E-state index in [0.717, 1.165) is 21.4 Å². The smallest absolute Gasteiger partial charge is 0.304 e. The fraction of sp³-hybridized carbons (Fsp3) is 0.211. The number of carbonyl (C=O) groups is 2. The molecule has 0 saturated carbocycles. The number of hydrogen-bond donors (Lipinski definition) is 1. The molecule has 29 heavy (non-hydrogen) atoms. The summed E-state index contributed by atoms with van der Waals surface area (Å²) in [5.74, 6) is -5.79. The number of rotatable bonds is 4. The van der Waals surface area contributed by atoms with E-state index >= 15 is 0 Å². The van der Waals surface area contributed by atoms with Gasteiger partial charge in [-0.25, -0.2) is 18.2 Å². The van der Waals surface area contributed by atoms with Crippen molar-refractivity contribution in [2.24, 2.45) is 5.92 Å². The number of aromatic nitrogens is 1. The van der Waals surface area contributed by atoms with Crippen LogP contribution in [-0.2, 0) is 22.6 Å². The SMILES string of the molecule is O=C(O)CC1Cc2cc(Br)ccc2N(Cc2nc3c(F)c(F)cc(F)c3s2)C1=O. The van der Waals surface area contributed by atoms with E-state index < -0.39 is 40.8 Å². The first-order chi connectivity index (χ1) is 13.7. The van der Waals surface area contributed by atoms with Gasteiger partial charge in [0.25, 0.3) is 0 Å². The van der Waals surface area contributed by atoms with Gasteiger partial charge in [0.2, 0.25) is 5.91 Å². The second-order valence-electron chi connectivity index (χ2n) is 6.64. The Morgan fingerprint density at radius 2 is 2.03 bits per heavy atom. The van der Waals surface area contributed by atoms with Gasteiger partial charge < -0.3 is 10.0 Å². The van der Waals surface area contributed by atoms with E-state index in [-0.39, 0.29) is 29.1 Å². The molecular weight excluding hydrogens is 473 g/mol. The highest BCUT2D eigenvalue weighted by Gasteiger charge is 2.35. The van der Waals surface area contributed by atoms with Gasteiger partial charge in [0.05, 0.1) is 23.6 Å². The molecule has 2 heterocycles. The summed E-state index contributed by atoms with van der Waals surface area (Å²) in [4.78, 5) is 29.5. The maximum absolute atomic E-state index is 14.0. The molecule has 0 spiro atoms. The van der Waals surface area contributed by atoms with Crippen LogP contribution >= 0.6 is 27.3 Å². The van der Waals surface area contributed by atoms with Crippen LogP contribution in [0.25, 0.3) is 10.2 Å². The molecule has 1 aliphatic rings. The van der Waals surface area contributed by atoms with Crippen LogP contribution in [0.1, 0.15) is 17.0 Å². The van der Waals surface area contributed by atoms with E-state index in [1.165, 1.54) is 4.90 Å². The normalized spacial score (nSPS) is 16.3. The van der Waals surface area contributed by atoms with Gasteiger partial charge in [-0.1, -0.05) is 15.9 Å². The summed E-state index contributed by atoms with van der Waals surface area (Å²) in [6.07, 6.45) is -0.0691. The lowest BCUT2D eigenvalue weighted by Crippen LogP contribution is -2.41. The molecular formula is C19H12BrF3N2O3S. The van der Waals surface area contributed by atoms with E-state index in [0.29, 0.717) is 11.8 Å². The summed E-state index contributed by atoms with van der Waals surface area (Å²) < 4.78 is 42.1. The lowest BCUT2D eigenvalue weighted by molar-refractivity contribution is -0.140. The molecule has 1 aliphatic heterocycles. The first-order valence-electron chi connectivity index (χ1n) is 8.49. The van der Waals surface area contributed by atoms with Crippen molar-refractivity contribution in [3.63, 3.8) is 0 Å². The predicted molar refractivity (Wildman–Crippen MR) is 104 cm³/mol. The Labute approximate surface area is 174 Å². The Bertz CT molecular complexity index is 1170. The predicted octanol–water partition coefficient (Wildman–Crippen LogP) is 4.66. The molecule has 0 bridgehead atoms. The minimum absolute atomic E-state index is 0.108. The maximum Gasteiger partial charge on any atom is 0.304 e. The molecule has 2 aromatic carbocycles. The number of amides is 1. The molecule has 1 amide bonds. The lowest BCUT2D eigenvalue weighted by atomic mass is 9.89. The highest BCUT2D eigenvalue weighted by molar-refractivity contribution is 9.10. The Kier molecular flexibility index (Phi) is 5.07. The number of thiazole rings is 1. The van der Waals surface area contributed by atoms with Crippen LogP contribution in [-0.4, -0.2) is 22.0 Å². The second-order valence-corrected chi connectivity index (χ2v) is 8.64. The van der Waals surface area contributed by atoms with Gasteiger partial charge in [0, 0.05) is 16.2 Å². The molecule has 0 saturated heterocycles. The Hall–Kier alpha value is -2.46. The van der Waals surface area contributed by atoms with Gasteiger partial charge in [-0.3, -0.25) is 9.59 Å². The van der Waals surface area contributed by atoms with Crippen molar-refractivity contribution in [2.75, 3.05) is 4.90 Å². The standard InChI is InChI=1S/C19H12BrF3N2O3S/c20-10-1-2-13-8(4-10)3-9(5-15(26)27)19(28)25(13)7-14-24-17-16(23)11(21)6-12(22)18(17)29-14/h1-2,4,6,9H,3,5,7H2,(H,26,27). The average Bonchev–Trinajstić information content (AvgIpc) is 3.07. The zero-order valence-electron chi connectivity index (χ0n) is 14.6. The average molecular weight is 485 g/mol. The highest BCUT2D eigenvalue weighted by Crippen LogP contribution is 2.36. The number of carbonyl (C=O) groups excluding carboxylic acids is 1. The minimum Gasteiger partial charge on any atom is -0.481 e. The van der Waals surface area contributed by atoms with Crippen molar-refractivity contribution in [3.8, 4) is 0 Å². The number of nitrogens with zero attached hydrogens (tertiary/aromatic N) is 2. The topological polar surface area (TPSA) is 70.5 Å². The molecule has 1 aromatic heterocycles. The maximum atomic E-state index is 14.0. The quantitative estimate of drug-likeness (QED) is 0.546. The Balaban J connectivity index is 1.76. The van der Waals surface area contributed by atoms with Crippen LogP contribution in [0.15, 0.2) is 28.7 Å². The molecule has 5 nitrogen and oxygen atoms in total. The Morgan fingerprint density at radius 1 is 1.28 bits per heavy atom. The molecule has 4 rings (SSSR count). The van der Waals surface area contributed by atoms with Crippen LogP contribution < -0.4 is 4.90 Å². The first kappa shape index (κ1) is 19.8. The van der Waals surface area contributed by atoms with Crippen molar-refractivity contribution in [1.29, 1.82) is 0 Å². The molecule has 3 aromatic rings. The third-order valence-electron chi connectivity index (χ3n) is 4.69. The van der Waals surface area contributed by atoms with Crippen LogP contribution in [0, 0.1) is 23.4 Å². The molecule has 1 atom stereocenters. The van der Waals surface area contributed by atoms with Crippen molar-refractivity contribution in [3.05, 3.63) is 56.8 Å². The number of carboxylic acid groups (broad SMARTS) is 1. The molecule has 0 fully saturated rings. The number of aliphatic carboxylic acids is 1. The summed E-state index contributed by atoms with van der Waals surface area (Å²) in [5, 5.41) is 9.35. The highest BCUT2D eigenvalue weighted by atomic mass is 79.9. The summed E-state index contributed by atoms with van der Waals surface area (Å²) in [6, 6.07) is 5.71. The van der Waals surface area contributed by atoms with E-state index in [1.807, 2.05) is 0 Å². The van der Waals surface area contributed by atoms with E-state index in [9.17, 15) is 22.8 Å². The third-order valence-corrected chi connectivity index (χ3v) is 6.23. The minimum atomic E-state index is -1.34. The zero-order valence-corrected chi connectivity index (χ0v) is 17.0. The number of fused-ring (bicyclic) bond motifs is 2. The van der Waals surface area contributed by atoms with E-state index in [2.05, 4.69) is 20.9 Å². The van der Waals surface area contributed by atoms with Gasteiger partial charge in [0.15, 0.2) is 11.6 Å². The third kappa shape index (κ3) is 3.62. The van der Waals surface area contributed by atoms with Crippen molar-refractivity contribution < 1.29 is 27.9 Å². The monoisotopic (exact) mass is 484 g/mol. The summed E-state index contributed by atoms with van der Waals surface area (Å²) in [7, 11) is 0. The first-order valence-corrected chi connectivity index (χ1v) is 10.1. The summed E-state index contributed by atoms with van der Waals surface area (Å²) in [6.45, 7) is -0.108. The molecule has 1 N–H and O–H groups in total. The number of hydrogen-bond acceptors (Lipinski definition) is 4. The number of anilines is 1. The van der Waals surface area contributed by atoms with Crippen LogP contribution in [0.3, 0.4) is 0 Å². The fourth-order valence-electron chi connectivity index (χ4n) is 3.44. The fourth-order valence-corrected chi connectivity index (χ4v) is 4.80. The van der Waals surface area contributed by atoms with Gasteiger partial charge in [0.1, 0.15) is 16.3 Å².